The molecule has 1 aromatic rings. The molecule has 0 aliphatic carbocycles. The van der Waals surface area contributed by atoms with Crippen LogP contribution in [-0.2, 0) is 4.74 Å². The van der Waals surface area contributed by atoms with Gasteiger partial charge in [-0.05, 0) is 39.8 Å². The summed E-state index contributed by atoms with van der Waals surface area (Å²) in [5.74, 6) is 0.426. The molecular weight excluding hydrogens is 274 g/mol. The van der Waals surface area contributed by atoms with E-state index < -0.39 is 0 Å². The van der Waals surface area contributed by atoms with Gasteiger partial charge in [0, 0.05) is 24.5 Å². The van der Waals surface area contributed by atoms with Crippen LogP contribution in [0.4, 0.5) is 5.13 Å². The molecule has 0 saturated carbocycles. The van der Waals surface area contributed by atoms with E-state index in [9.17, 15) is 4.79 Å². The molecule has 0 unspecified atom stereocenters. The topological polar surface area (TPSA) is 45.7 Å². The van der Waals surface area contributed by atoms with Crippen LogP contribution in [-0.4, -0.2) is 56.7 Å². The van der Waals surface area contributed by atoms with Gasteiger partial charge in [0.05, 0.1) is 7.11 Å². The Balaban J connectivity index is 1.99. The first-order valence-corrected chi connectivity index (χ1v) is 7.78. The molecule has 6 heteroatoms. The van der Waals surface area contributed by atoms with Crippen molar-refractivity contribution < 1.29 is 9.53 Å². The molecule has 0 aromatic carbocycles. The number of piperidine rings is 1. The smallest absolute Gasteiger partial charge is 0.357 e. The van der Waals surface area contributed by atoms with Crippen molar-refractivity contribution in [1.29, 1.82) is 0 Å². The van der Waals surface area contributed by atoms with Crippen LogP contribution < -0.4 is 4.90 Å². The van der Waals surface area contributed by atoms with Crippen molar-refractivity contribution in [1.82, 2.24) is 9.88 Å². The molecule has 1 aliphatic heterocycles. The minimum atomic E-state index is -0.340. The summed E-state index contributed by atoms with van der Waals surface area (Å²) in [5, 5.41) is 0.950. The van der Waals surface area contributed by atoms with E-state index in [4.69, 9.17) is 4.74 Å². The lowest BCUT2D eigenvalue weighted by molar-refractivity contribution is 0.0594. The van der Waals surface area contributed by atoms with Gasteiger partial charge in [0.15, 0.2) is 10.8 Å². The minimum absolute atomic E-state index is 0.340. The first-order chi connectivity index (χ1) is 9.51. The fourth-order valence-electron chi connectivity index (χ4n) is 2.63. The summed E-state index contributed by atoms with van der Waals surface area (Å²) in [4.78, 5) is 21.5. The molecule has 0 bridgehead atoms. The van der Waals surface area contributed by atoms with E-state index in [2.05, 4.69) is 28.9 Å². The highest BCUT2D eigenvalue weighted by Gasteiger charge is 2.24. The number of aryl methyl sites for hydroxylation is 1. The lowest BCUT2D eigenvalue weighted by Crippen LogP contribution is -2.37. The summed E-state index contributed by atoms with van der Waals surface area (Å²) in [6, 6.07) is 0. The summed E-state index contributed by atoms with van der Waals surface area (Å²) in [6.45, 7) is 5.11. The molecule has 1 aliphatic rings. The van der Waals surface area contributed by atoms with Crippen LogP contribution in [0.3, 0.4) is 0 Å². The van der Waals surface area contributed by atoms with Crippen molar-refractivity contribution in [2.75, 3.05) is 45.7 Å². The average molecular weight is 297 g/mol. The number of hydrogen-bond donors (Lipinski definition) is 0. The van der Waals surface area contributed by atoms with E-state index in [0.717, 1.165) is 35.6 Å². The fourth-order valence-corrected chi connectivity index (χ4v) is 3.58. The summed E-state index contributed by atoms with van der Waals surface area (Å²) in [7, 11) is 5.64. The number of carbonyl (C=O) groups excluding carboxylic acids is 1. The van der Waals surface area contributed by atoms with Crippen LogP contribution in [0.25, 0.3) is 0 Å². The monoisotopic (exact) mass is 297 g/mol. The third-order valence-corrected chi connectivity index (χ3v) is 4.70. The highest BCUT2D eigenvalue weighted by Crippen LogP contribution is 2.29. The van der Waals surface area contributed by atoms with Crippen LogP contribution in [0.5, 0.6) is 0 Å². The quantitative estimate of drug-likeness (QED) is 0.796. The SMILES string of the molecule is COC(=O)c1nc(N2CCC(CN(C)C)CC2)sc1C. The van der Waals surface area contributed by atoms with Crippen molar-refractivity contribution in [2.45, 2.75) is 19.8 Å². The fraction of sp³-hybridized carbons (Fsp3) is 0.714. The lowest BCUT2D eigenvalue weighted by atomic mass is 9.97. The molecule has 2 heterocycles. The molecule has 0 radical (unpaired) electrons. The third kappa shape index (κ3) is 3.49. The first kappa shape index (κ1) is 15.3. The van der Waals surface area contributed by atoms with Crippen LogP contribution in [0, 0.1) is 12.8 Å². The number of hydrogen-bond acceptors (Lipinski definition) is 6. The summed E-state index contributed by atoms with van der Waals surface area (Å²) < 4.78 is 4.76. The average Bonchev–Trinajstić information content (AvgIpc) is 2.80. The standard InChI is InChI=1S/C14H23N3O2S/c1-10-12(13(18)19-4)15-14(20-10)17-7-5-11(6-8-17)9-16(2)3/h11H,5-9H2,1-4H3. The summed E-state index contributed by atoms with van der Waals surface area (Å²) in [5.41, 5.74) is 0.461. The molecule has 0 spiro atoms. The van der Waals surface area contributed by atoms with Gasteiger partial charge in [-0.25, -0.2) is 9.78 Å². The molecule has 5 nitrogen and oxygen atoms in total. The van der Waals surface area contributed by atoms with E-state index in [-0.39, 0.29) is 5.97 Å². The van der Waals surface area contributed by atoms with E-state index in [1.54, 1.807) is 11.3 Å². The molecule has 0 N–H and O–H groups in total. The highest BCUT2D eigenvalue weighted by molar-refractivity contribution is 7.15. The van der Waals surface area contributed by atoms with Gasteiger partial charge in [-0.2, -0.15) is 0 Å². The minimum Gasteiger partial charge on any atom is -0.464 e. The predicted molar refractivity (Wildman–Crippen MR) is 81.7 cm³/mol. The van der Waals surface area contributed by atoms with Crippen LogP contribution in [0.1, 0.15) is 28.2 Å². The Labute approximate surface area is 124 Å². The van der Waals surface area contributed by atoms with Gasteiger partial charge in [-0.15, -0.1) is 11.3 Å². The Morgan fingerprint density at radius 2 is 2.10 bits per heavy atom. The zero-order valence-corrected chi connectivity index (χ0v) is 13.5. The maximum Gasteiger partial charge on any atom is 0.357 e. The predicted octanol–water partition coefficient (Wildman–Crippen LogP) is 2.02. The van der Waals surface area contributed by atoms with E-state index in [0.29, 0.717) is 5.69 Å². The number of thiazole rings is 1. The van der Waals surface area contributed by atoms with Crippen molar-refractivity contribution >= 4 is 22.4 Å². The Bertz CT molecular complexity index is 465. The van der Waals surface area contributed by atoms with Crippen molar-refractivity contribution in [3.8, 4) is 0 Å². The molecule has 2 rings (SSSR count). The van der Waals surface area contributed by atoms with Gasteiger partial charge < -0.3 is 14.5 Å². The molecular formula is C14H23N3O2S. The van der Waals surface area contributed by atoms with Gasteiger partial charge >= 0.3 is 5.97 Å². The summed E-state index contributed by atoms with van der Waals surface area (Å²) in [6.07, 6.45) is 2.37. The highest BCUT2D eigenvalue weighted by atomic mass is 32.1. The Kier molecular flexibility index (Phi) is 4.99. The number of rotatable bonds is 4. The van der Waals surface area contributed by atoms with Gasteiger partial charge in [0.2, 0.25) is 0 Å². The van der Waals surface area contributed by atoms with E-state index >= 15 is 0 Å². The second kappa shape index (κ2) is 6.54. The van der Waals surface area contributed by atoms with Crippen LogP contribution in [0.15, 0.2) is 0 Å². The maximum atomic E-state index is 11.6. The number of nitrogens with zero attached hydrogens (tertiary/aromatic N) is 3. The number of esters is 1. The largest absolute Gasteiger partial charge is 0.464 e. The van der Waals surface area contributed by atoms with Crippen LogP contribution in [0.2, 0.25) is 0 Å². The number of anilines is 1. The van der Waals surface area contributed by atoms with E-state index in [1.165, 1.54) is 20.0 Å². The molecule has 1 saturated heterocycles. The summed E-state index contributed by atoms with van der Waals surface area (Å²) >= 11 is 1.58. The number of ether oxygens (including phenoxy) is 1. The maximum absolute atomic E-state index is 11.6. The third-order valence-electron chi connectivity index (χ3n) is 3.67. The first-order valence-electron chi connectivity index (χ1n) is 6.96. The Morgan fingerprint density at radius 3 is 2.65 bits per heavy atom. The zero-order valence-electron chi connectivity index (χ0n) is 12.7. The molecule has 20 heavy (non-hydrogen) atoms. The van der Waals surface area contributed by atoms with E-state index in [1.807, 2.05) is 6.92 Å². The lowest BCUT2D eigenvalue weighted by Gasteiger charge is -2.32. The number of methoxy groups -OCH3 is 1. The zero-order chi connectivity index (χ0) is 14.7. The Morgan fingerprint density at radius 1 is 1.45 bits per heavy atom. The molecule has 1 fully saturated rings. The van der Waals surface area contributed by atoms with Gasteiger partial charge in [-0.1, -0.05) is 0 Å². The van der Waals surface area contributed by atoms with Gasteiger partial charge in [0.25, 0.3) is 0 Å². The van der Waals surface area contributed by atoms with Gasteiger partial charge in [0.1, 0.15) is 0 Å². The normalized spacial score (nSPS) is 16.8. The Hall–Kier alpha value is -1.14. The second-order valence-corrected chi connectivity index (χ2v) is 6.77. The second-order valence-electron chi connectivity index (χ2n) is 5.59. The van der Waals surface area contributed by atoms with Crippen molar-refractivity contribution in [3.05, 3.63) is 10.6 Å². The molecule has 0 amide bonds. The molecule has 1 aromatic heterocycles. The molecule has 112 valence electrons. The number of aromatic nitrogens is 1. The van der Waals surface area contributed by atoms with Gasteiger partial charge in [-0.3, -0.25) is 0 Å². The molecule has 0 atom stereocenters. The van der Waals surface area contributed by atoms with Crippen LogP contribution >= 0.6 is 11.3 Å². The van der Waals surface area contributed by atoms with Crippen molar-refractivity contribution in [2.24, 2.45) is 5.92 Å². The van der Waals surface area contributed by atoms with Crippen molar-refractivity contribution in [3.63, 3.8) is 0 Å². The number of carbonyl (C=O) groups is 1.